The molecule has 0 aromatic rings. The van der Waals surface area contributed by atoms with Gasteiger partial charge in [0.2, 0.25) is 0 Å². The van der Waals surface area contributed by atoms with Crippen LogP contribution in [0.1, 0.15) is 39.5 Å². The molecule has 0 spiro atoms. The van der Waals surface area contributed by atoms with Crippen LogP contribution in [0.5, 0.6) is 0 Å². The van der Waals surface area contributed by atoms with E-state index < -0.39 is 6.23 Å². The minimum Gasteiger partial charge on any atom is -0.381 e. The predicted octanol–water partition coefficient (Wildman–Crippen LogP) is 0.591. The smallest absolute Gasteiger partial charge is 0.119 e. The lowest BCUT2D eigenvalue weighted by Gasteiger charge is -2.37. The van der Waals surface area contributed by atoms with E-state index in [1.807, 2.05) is 6.92 Å². The van der Waals surface area contributed by atoms with E-state index in [1.165, 1.54) is 0 Å². The predicted molar refractivity (Wildman–Crippen MR) is 72.8 cm³/mol. The number of aliphatic hydroxyl groups is 1. The summed E-state index contributed by atoms with van der Waals surface area (Å²) in [6.07, 6.45) is 3.65. The number of hydrogen-bond donors (Lipinski definition) is 4. The normalized spacial score (nSPS) is 22.7. The van der Waals surface area contributed by atoms with Crippen molar-refractivity contribution in [2.24, 2.45) is 17.1 Å². The first-order valence-corrected chi connectivity index (χ1v) is 7.08. The highest BCUT2D eigenvalue weighted by Crippen LogP contribution is 2.35. The van der Waals surface area contributed by atoms with E-state index in [2.05, 4.69) is 17.8 Å². The molecular weight excluding hydrogens is 230 g/mol. The summed E-state index contributed by atoms with van der Waals surface area (Å²) >= 11 is 0. The highest BCUT2D eigenvalue weighted by Gasteiger charge is 2.31. The summed E-state index contributed by atoms with van der Waals surface area (Å²) in [6.45, 7) is 7.23. The van der Waals surface area contributed by atoms with Gasteiger partial charge in [0.15, 0.2) is 0 Å². The first-order chi connectivity index (χ1) is 8.63. The maximum Gasteiger partial charge on any atom is 0.119 e. The van der Waals surface area contributed by atoms with Gasteiger partial charge in [-0.2, -0.15) is 0 Å². The zero-order valence-corrected chi connectivity index (χ0v) is 11.7. The molecule has 1 rings (SSSR count). The van der Waals surface area contributed by atoms with E-state index >= 15 is 0 Å². The molecule has 5 nitrogen and oxygen atoms in total. The van der Waals surface area contributed by atoms with E-state index in [9.17, 15) is 5.11 Å². The molecule has 0 aliphatic carbocycles. The average molecular weight is 259 g/mol. The Morgan fingerprint density at radius 1 is 1.39 bits per heavy atom. The number of rotatable bonds is 8. The number of nitrogens with one attached hydrogen (secondary N) is 2. The van der Waals surface area contributed by atoms with Crippen molar-refractivity contribution in [2.45, 2.75) is 45.8 Å². The molecule has 1 aliphatic rings. The lowest BCUT2D eigenvalue weighted by molar-refractivity contribution is 0.00375. The number of aliphatic hydroxyl groups excluding tert-OH is 1. The molecule has 5 N–H and O–H groups in total. The van der Waals surface area contributed by atoms with Crippen molar-refractivity contribution in [3.63, 3.8) is 0 Å². The van der Waals surface area contributed by atoms with Crippen molar-refractivity contribution in [1.29, 1.82) is 0 Å². The molecule has 18 heavy (non-hydrogen) atoms. The van der Waals surface area contributed by atoms with Gasteiger partial charge in [-0.3, -0.25) is 5.43 Å². The minimum atomic E-state index is -0.500. The van der Waals surface area contributed by atoms with Crippen LogP contribution >= 0.6 is 0 Å². The maximum absolute atomic E-state index is 9.91. The molecule has 108 valence electrons. The Balaban J connectivity index is 2.32. The average Bonchev–Trinajstić information content (AvgIpc) is 2.43. The molecule has 0 saturated carbocycles. The summed E-state index contributed by atoms with van der Waals surface area (Å²) in [4.78, 5) is 0. The zero-order valence-electron chi connectivity index (χ0n) is 11.7. The van der Waals surface area contributed by atoms with Crippen LogP contribution in [0.2, 0.25) is 0 Å². The largest absolute Gasteiger partial charge is 0.381 e. The van der Waals surface area contributed by atoms with Gasteiger partial charge in [0.1, 0.15) is 6.23 Å². The van der Waals surface area contributed by atoms with Crippen LogP contribution in [0.15, 0.2) is 0 Å². The Hall–Kier alpha value is -0.200. The van der Waals surface area contributed by atoms with Crippen molar-refractivity contribution in [2.75, 3.05) is 26.3 Å². The summed E-state index contributed by atoms with van der Waals surface area (Å²) in [6, 6.07) is 0. The topological polar surface area (TPSA) is 79.5 Å². The quantitative estimate of drug-likeness (QED) is 0.379. The summed E-state index contributed by atoms with van der Waals surface area (Å²) in [5.74, 6) is 0.218. The number of nitrogens with two attached hydrogens (primary N) is 1. The van der Waals surface area contributed by atoms with Gasteiger partial charge in [-0.25, -0.2) is 5.43 Å². The van der Waals surface area contributed by atoms with Gasteiger partial charge in [0, 0.05) is 19.8 Å². The third kappa shape index (κ3) is 4.82. The van der Waals surface area contributed by atoms with Crippen LogP contribution in [0, 0.1) is 11.3 Å². The fourth-order valence-electron chi connectivity index (χ4n) is 2.40. The summed E-state index contributed by atoms with van der Waals surface area (Å²) in [5, 5.41) is 9.91. The van der Waals surface area contributed by atoms with Crippen LogP contribution in [-0.2, 0) is 4.74 Å². The van der Waals surface area contributed by atoms with E-state index in [0.717, 1.165) is 52.0 Å². The van der Waals surface area contributed by atoms with Crippen molar-refractivity contribution >= 4 is 0 Å². The SMILES string of the molecule is CCNNC(O)[C@@H](C)CCC1(CN)CCOCC1. The van der Waals surface area contributed by atoms with Gasteiger partial charge >= 0.3 is 0 Å². The molecule has 1 fully saturated rings. The number of hydrazine groups is 1. The van der Waals surface area contributed by atoms with Crippen molar-refractivity contribution in [1.82, 2.24) is 10.9 Å². The van der Waals surface area contributed by atoms with E-state index in [1.54, 1.807) is 0 Å². The Kier molecular flexibility index (Phi) is 7.11. The number of ether oxygens (including phenoxy) is 1. The van der Waals surface area contributed by atoms with Crippen molar-refractivity contribution < 1.29 is 9.84 Å². The molecular formula is C13H29N3O2. The monoisotopic (exact) mass is 259 g/mol. The molecule has 0 radical (unpaired) electrons. The lowest BCUT2D eigenvalue weighted by atomic mass is 9.75. The van der Waals surface area contributed by atoms with E-state index in [0.29, 0.717) is 0 Å². The first-order valence-electron chi connectivity index (χ1n) is 7.08. The Labute approximate surface area is 110 Å². The van der Waals surface area contributed by atoms with Gasteiger partial charge < -0.3 is 15.6 Å². The highest BCUT2D eigenvalue weighted by molar-refractivity contribution is 4.83. The minimum absolute atomic E-state index is 0.218. The number of hydrogen-bond acceptors (Lipinski definition) is 5. The highest BCUT2D eigenvalue weighted by atomic mass is 16.5. The van der Waals surface area contributed by atoms with Gasteiger partial charge in [-0.1, -0.05) is 13.8 Å². The van der Waals surface area contributed by atoms with Crippen molar-refractivity contribution in [3.8, 4) is 0 Å². The fraction of sp³-hybridized carbons (Fsp3) is 1.00. The second-order valence-corrected chi connectivity index (χ2v) is 5.45. The molecule has 0 aromatic heterocycles. The van der Waals surface area contributed by atoms with Crippen LogP contribution in [0.25, 0.3) is 0 Å². The molecule has 1 heterocycles. The molecule has 1 saturated heterocycles. The molecule has 0 bridgehead atoms. The van der Waals surface area contributed by atoms with Crippen LogP contribution in [0.3, 0.4) is 0 Å². The summed E-state index contributed by atoms with van der Waals surface area (Å²) in [7, 11) is 0. The first kappa shape index (κ1) is 15.9. The van der Waals surface area contributed by atoms with Gasteiger partial charge in [0.25, 0.3) is 0 Å². The fourth-order valence-corrected chi connectivity index (χ4v) is 2.40. The van der Waals surface area contributed by atoms with Crippen molar-refractivity contribution in [3.05, 3.63) is 0 Å². The zero-order chi connectivity index (χ0) is 13.4. The molecule has 0 aromatic carbocycles. The Bertz CT molecular complexity index is 220. The standard InChI is InChI=1S/C13H29N3O2/c1-3-15-16-12(17)11(2)4-5-13(10-14)6-8-18-9-7-13/h11-12,15-17H,3-10,14H2,1-2H3/t11-,12?/m0/s1. The molecule has 2 atom stereocenters. The maximum atomic E-state index is 9.91. The Morgan fingerprint density at radius 3 is 2.61 bits per heavy atom. The van der Waals surface area contributed by atoms with Crippen LogP contribution in [-0.4, -0.2) is 37.6 Å². The van der Waals surface area contributed by atoms with Gasteiger partial charge in [0.05, 0.1) is 0 Å². The molecule has 1 aliphatic heterocycles. The second kappa shape index (κ2) is 8.07. The lowest BCUT2D eigenvalue weighted by Crippen LogP contribution is -2.45. The van der Waals surface area contributed by atoms with Crippen LogP contribution in [0.4, 0.5) is 0 Å². The molecule has 5 heteroatoms. The molecule has 0 amide bonds. The Morgan fingerprint density at radius 2 is 2.06 bits per heavy atom. The van der Waals surface area contributed by atoms with E-state index in [4.69, 9.17) is 10.5 Å². The summed E-state index contributed by atoms with van der Waals surface area (Å²) in [5.41, 5.74) is 12.0. The van der Waals surface area contributed by atoms with Gasteiger partial charge in [-0.15, -0.1) is 0 Å². The third-order valence-electron chi connectivity index (χ3n) is 4.08. The van der Waals surface area contributed by atoms with Gasteiger partial charge in [-0.05, 0) is 43.6 Å². The summed E-state index contributed by atoms with van der Waals surface area (Å²) < 4.78 is 5.41. The molecule has 1 unspecified atom stereocenters. The second-order valence-electron chi connectivity index (χ2n) is 5.45. The van der Waals surface area contributed by atoms with E-state index in [-0.39, 0.29) is 11.3 Å². The third-order valence-corrected chi connectivity index (χ3v) is 4.08. The van der Waals surface area contributed by atoms with Crippen LogP contribution < -0.4 is 16.6 Å².